The Morgan fingerprint density at radius 1 is 1.31 bits per heavy atom. The normalized spacial score (nSPS) is 17.3. The first-order valence-electron chi connectivity index (χ1n) is 3.26. The summed E-state index contributed by atoms with van der Waals surface area (Å²) in [5.74, 6) is -0.261. The number of anilines is 1. The van der Waals surface area contributed by atoms with Crippen molar-refractivity contribution in [2.45, 2.75) is 6.92 Å². The van der Waals surface area contributed by atoms with Crippen molar-refractivity contribution in [2.24, 2.45) is 0 Å². The SMILES string of the molecule is Cc1nnc2c(N)c1OS(=O)(=O)O2. The van der Waals surface area contributed by atoms with Gasteiger partial charge in [-0.25, -0.2) is 0 Å². The monoisotopic (exact) mass is 203 g/mol. The number of nitrogens with zero attached hydrogens (tertiary/aromatic N) is 2. The number of aromatic nitrogens is 2. The predicted octanol–water partition coefficient (Wildman–Crippen LogP) is -0.617. The Hall–Kier alpha value is -1.57. The van der Waals surface area contributed by atoms with Crippen LogP contribution in [0.2, 0.25) is 0 Å². The summed E-state index contributed by atoms with van der Waals surface area (Å²) in [5.41, 5.74) is 5.79. The van der Waals surface area contributed by atoms with Crippen LogP contribution in [0.1, 0.15) is 5.69 Å². The molecule has 1 aliphatic rings. The molecule has 1 aliphatic heterocycles. The maximum absolute atomic E-state index is 10.9. The standard InChI is InChI=1S/C5H5N3O4S/c1-2-4-3(6)5(8-7-2)12-13(9,10)11-4/h1H3,(H2,6,7). The molecule has 1 aromatic heterocycles. The van der Waals surface area contributed by atoms with E-state index in [1.807, 2.05) is 0 Å². The molecule has 70 valence electrons. The van der Waals surface area contributed by atoms with Crippen LogP contribution < -0.4 is 14.1 Å². The van der Waals surface area contributed by atoms with E-state index in [1.165, 1.54) is 6.92 Å². The van der Waals surface area contributed by atoms with E-state index in [0.717, 1.165) is 0 Å². The summed E-state index contributed by atoms with van der Waals surface area (Å²) >= 11 is 0. The lowest BCUT2D eigenvalue weighted by Crippen LogP contribution is -2.24. The van der Waals surface area contributed by atoms with Gasteiger partial charge in [-0.3, -0.25) is 0 Å². The Kier molecular flexibility index (Phi) is 1.38. The van der Waals surface area contributed by atoms with Crippen LogP contribution in [-0.4, -0.2) is 18.6 Å². The molecule has 0 fully saturated rings. The molecule has 0 spiro atoms. The Morgan fingerprint density at radius 2 is 2.00 bits per heavy atom. The molecule has 0 amide bonds. The highest BCUT2D eigenvalue weighted by atomic mass is 32.3. The summed E-state index contributed by atoms with van der Waals surface area (Å²) < 4.78 is 30.5. The number of aryl methyl sites for hydroxylation is 1. The van der Waals surface area contributed by atoms with Gasteiger partial charge in [0.15, 0.2) is 5.75 Å². The lowest BCUT2D eigenvalue weighted by atomic mass is 10.3. The third kappa shape index (κ3) is 1.15. The fourth-order valence-electron chi connectivity index (χ4n) is 0.894. The van der Waals surface area contributed by atoms with Gasteiger partial charge in [-0.15, -0.1) is 18.6 Å². The van der Waals surface area contributed by atoms with E-state index in [-0.39, 0.29) is 17.3 Å². The van der Waals surface area contributed by atoms with E-state index < -0.39 is 10.4 Å². The van der Waals surface area contributed by atoms with Crippen LogP contribution in [0, 0.1) is 6.92 Å². The van der Waals surface area contributed by atoms with Crippen molar-refractivity contribution in [2.75, 3.05) is 5.73 Å². The molecule has 2 heterocycles. The molecule has 2 N–H and O–H groups in total. The summed E-state index contributed by atoms with van der Waals surface area (Å²) in [5, 5.41) is 7.03. The zero-order valence-electron chi connectivity index (χ0n) is 6.51. The van der Waals surface area contributed by atoms with Crippen molar-refractivity contribution in [1.29, 1.82) is 0 Å². The molecule has 13 heavy (non-hydrogen) atoms. The number of fused-ring (bicyclic) bond motifs is 2. The van der Waals surface area contributed by atoms with Gasteiger partial charge in [-0.1, -0.05) is 0 Å². The van der Waals surface area contributed by atoms with Crippen molar-refractivity contribution in [3.63, 3.8) is 0 Å². The summed E-state index contributed by atoms with van der Waals surface area (Å²) in [4.78, 5) is 0. The van der Waals surface area contributed by atoms with Crippen LogP contribution >= 0.6 is 0 Å². The molecule has 1 aromatic rings. The summed E-state index contributed by atoms with van der Waals surface area (Å²) in [6.07, 6.45) is 0. The fraction of sp³-hybridized carbons (Fsp3) is 0.200. The quantitative estimate of drug-likeness (QED) is 0.599. The van der Waals surface area contributed by atoms with Gasteiger partial charge in [0.05, 0.1) is 0 Å². The van der Waals surface area contributed by atoms with Crippen molar-refractivity contribution in [3.8, 4) is 11.6 Å². The number of rotatable bonds is 0. The molecule has 2 bridgehead atoms. The van der Waals surface area contributed by atoms with Gasteiger partial charge >= 0.3 is 10.4 Å². The predicted molar refractivity (Wildman–Crippen MR) is 41.4 cm³/mol. The highest BCUT2D eigenvalue weighted by Gasteiger charge is 2.30. The highest BCUT2D eigenvalue weighted by molar-refractivity contribution is 7.82. The molecule has 0 atom stereocenters. The van der Waals surface area contributed by atoms with Crippen LogP contribution in [0.4, 0.5) is 5.69 Å². The molecule has 0 saturated heterocycles. The Morgan fingerprint density at radius 3 is 2.69 bits per heavy atom. The van der Waals surface area contributed by atoms with Crippen molar-refractivity contribution < 1.29 is 16.8 Å². The molecule has 0 radical (unpaired) electrons. The minimum absolute atomic E-state index is 0.0174. The van der Waals surface area contributed by atoms with Crippen molar-refractivity contribution in [3.05, 3.63) is 5.69 Å². The second kappa shape index (κ2) is 2.22. The van der Waals surface area contributed by atoms with Crippen molar-refractivity contribution >= 4 is 16.1 Å². The van der Waals surface area contributed by atoms with E-state index in [4.69, 9.17) is 5.73 Å². The zero-order chi connectivity index (χ0) is 9.64. The van der Waals surface area contributed by atoms with E-state index >= 15 is 0 Å². The molecular weight excluding hydrogens is 198 g/mol. The average molecular weight is 203 g/mol. The van der Waals surface area contributed by atoms with Crippen LogP contribution in [0.15, 0.2) is 0 Å². The summed E-state index contributed by atoms with van der Waals surface area (Å²) in [7, 11) is -4.06. The summed E-state index contributed by atoms with van der Waals surface area (Å²) in [6, 6.07) is 0. The second-order valence-electron chi connectivity index (χ2n) is 2.41. The number of nitrogen functional groups attached to an aromatic ring is 1. The van der Waals surface area contributed by atoms with E-state index in [0.29, 0.717) is 5.69 Å². The first-order chi connectivity index (χ1) is 5.99. The maximum atomic E-state index is 10.9. The molecule has 0 saturated carbocycles. The Labute approximate surface area is 73.8 Å². The van der Waals surface area contributed by atoms with E-state index in [2.05, 4.69) is 18.6 Å². The van der Waals surface area contributed by atoms with Gasteiger partial charge in [0.2, 0.25) is 0 Å². The first-order valence-corrected chi connectivity index (χ1v) is 4.59. The molecule has 7 nitrogen and oxygen atoms in total. The topological polar surface area (TPSA) is 104 Å². The van der Waals surface area contributed by atoms with Crippen LogP contribution in [0.3, 0.4) is 0 Å². The smallest absolute Gasteiger partial charge is 0.391 e. The van der Waals surface area contributed by atoms with Gasteiger partial charge in [0, 0.05) is 0 Å². The van der Waals surface area contributed by atoms with E-state index in [1.54, 1.807) is 0 Å². The minimum atomic E-state index is -4.06. The molecule has 0 unspecified atom stereocenters. The Bertz CT molecular complexity index is 469. The van der Waals surface area contributed by atoms with Gasteiger partial charge in [0.25, 0.3) is 5.88 Å². The third-order valence-electron chi connectivity index (χ3n) is 1.46. The maximum Gasteiger partial charge on any atom is 0.502 e. The van der Waals surface area contributed by atoms with Crippen LogP contribution in [0.5, 0.6) is 11.6 Å². The second-order valence-corrected chi connectivity index (χ2v) is 3.56. The summed E-state index contributed by atoms with van der Waals surface area (Å²) in [6.45, 7) is 1.53. The molecule has 0 aliphatic carbocycles. The molecule has 2 rings (SSSR count). The van der Waals surface area contributed by atoms with Crippen molar-refractivity contribution in [1.82, 2.24) is 10.2 Å². The lowest BCUT2D eigenvalue weighted by Gasteiger charge is -2.16. The largest absolute Gasteiger partial charge is 0.502 e. The molecule has 0 aromatic carbocycles. The number of nitrogens with two attached hydrogens (primary N) is 1. The molecular formula is C5H5N3O4S. The van der Waals surface area contributed by atoms with Crippen LogP contribution in [-0.2, 0) is 10.4 Å². The first kappa shape index (κ1) is 8.05. The van der Waals surface area contributed by atoms with Gasteiger partial charge in [-0.2, -0.15) is 0 Å². The van der Waals surface area contributed by atoms with E-state index in [9.17, 15) is 8.42 Å². The van der Waals surface area contributed by atoms with Gasteiger partial charge < -0.3 is 14.1 Å². The highest BCUT2D eigenvalue weighted by Crippen LogP contribution is 2.36. The zero-order valence-corrected chi connectivity index (χ0v) is 7.33. The minimum Gasteiger partial charge on any atom is -0.391 e. The Balaban J connectivity index is 2.72. The number of hydrogen-bond donors (Lipinski definition) is 1. The number of hydrogen-bond acceptors (Lipinski definition) is 7. The lowest BCUT2D eigenvalue weighted by molar-refractivity contribution is 0.366. The van der Waals surface area contributed by atoms with Gasteiger partial charge in [0.1, 0.15) is 11.4 Å². The fourth-order valence-corrected chi connectivity index (χ4v) is 1.66. The van der Waals surface area contributed by atoms with Crippen LogP contribution in [0.25, 0.3) is 0 Å². The van der Waals surface area contributed by atoms with Gasteiger partial charge in [-0.05, 0) is 6.92 Å². The average Bonchev–Trinajstić information content (AvgIpc) is 2.02. The third-order valence-corrected chi connectivity index (χ3v) is 2.19. The molecule has 8 heteroatoms.